The molecule has 1 aliphatic carbocycles. The van der Waals surface area contributed by atoms with Crippen molar-refractivity contribution in [2.45, 2.75) is 45.2 Å². The van der Waals surface area contributed by atoms with Gasteiger partial charge < -0.3 is 14.6 Å². The van der Waals surface area contributed by atoms with Crippen LogP contribution in [0.4, 0.5) is 10.2 Å². The lowest BCUT2D eigenvalue weighted by Gasteiger charge is -2.26. The van der Waals surface area contributed by atoms with E-state index in [-0.39, 0.29) is 11.6 Å². The van der Waals surface area contributed by atoms with Gasteiger partial charge in [-0.25, -0.2) is 19.3 Å². The van der Waals surface area contributed by atoms with Crippen molar-refractivity contribution in [1.82, 2.24) is 19.5 Å². The summed E-state index contributed by atoms with van der Waals surface area (Å²) in [5.41, 5.74) is 4.30. The summed E-state index contributed by atoms with van der Waals surface area (Å²) in [5.74, 6) is 1.32. The van der Waals surface area contributed by atoms with Gasteiger partial charge in [-0.15, -0.1) is 0 Å². The minimum atomic E-state index is -0.270. The van der Waals surface area contributed by atoms with Crippen molar-refractivity contribution >= 4 is 23.3 Å². The first kappa shape index (κ1) is 24.5. The Kier molecular flexibility index (Phi) is 7.51. The van der Waals surface area contributed by atoms with Crippen LogP contribution in [0, 0.1) is 12.7 Å². The summed E-state index contributed by atoms with van der Waals surface area (Å²) in [5, 5.41) is 7.00. The number of halogens is 1. The third kappa shape index (κ3) is 5.07. The van der Waals surface area contributed by atoms with E-state index >= 15 is 0 Å². The van der Waals surface area contributed by atoms with E-state index in [1.807, 2.05) is 32.2 Å². The summed E-state index contributed by atoms with van der Waals surface area (Å²) in [4.78, 5) is 27.8. The van der Waals surface area contributed by atoms with Crippen LogP contribution in [-0.4, -0.2) is 51.1 Å². The van der Waals surface area contributed by atoms with E-state index in [0.29, 0.717) is 30.3 Å². The largest absolute Gasteiger partial charge is 0.400 e. The van der Waals surface area contributed by atoms with Gasteiger partial charge in [0.05, 0.1) is 0 Å². The Bertz CT molecular complexity index is 1310. The highest BCUT2D eigenvalue weighted by molar-refractivity contribution is 5.90. The predicted molar refractivity (Wildman–Crippen MR) is 135 cm³/mol. The maximum atomic E-state index is 13.6. The molecule has 7 nitrogen and oxygen atoms in total. The van der Waals surface area contributed by atoms with Gasteiger partial charge in [-0.2, -0.15) is 0 Å². The van der Waals surface area contributed by atoms with Gasteiger partial charge in [-0.3, -0.25) is 4.79 Å². The van der Waals surface area contributed by atoms with Crippen molar-refractivity contribution < 1.29 is 14.3 Å². The topological polar surface area (TPSA) is 84.1 Å². The molecule has 0 bridgehead atoms. The number of aryl methyl sites for hydroxylation is 1. The molecule has 182 valence electrons. The molecular weight excluding hydrogens is 445 g/mol. The number of nitrogens with zero attached hydrogens (tertiary/aromatic N) is 5. The van der Waals surface area contributed by atoms with Crippen LogP contribution >= 0.6 is 0 Å². The van der Waals surface area contributed by atoms with E-state index in [9.17, 15) is 9.18 Å². The minimum absolute atomic E-state index is 0.129. The molecule has 2 heterocycles. The van der Waals surface area contributed by atoms with Crippen molar-refractivity contribution in [1.29, 1.82) is 0 Å². The Labute approximate surface area is 204 Å². The van der Waals surface area contributed by atoms with Gasteiger partial charge >= 0.3 is 0 Å². The summed E-state index contributed by atoms with van der Waals surface area (Å²) in [6.45, 7) is 2.52. The maximum Gasteiger partial charge on any atom is 0.196 e. The van der Waals surface area contributed by atoms with Crippen LogP contribution in [0.25, 0.3) is 22.6 Å². The number of aliphatic hydroxyl groups is 1. The molecule has 8 heteroatoms. The molecule has 4 aromatic rings. The normalized spacial score (nSPS) is 13.5. The standard InChI is InChI=1S/C26H26FN5O.CH4O/c1-17-6-5-7-19(14-17)25-30-24-23(32(25)15-18-10-12-20(27)13-11-18)26(29-22(16-33)28-24)31(2)21-8-3-4-9-21;1-2/h5-7,10-14,16,21H,3-4,8-9,15H2,1-2H3;2H,1H3. The van der Waals surface area contributed by atoms with Gasteiger partial charge in [0.2, 0.25) is 0 Å². The first-order valence-corrected chi connectivity index (χ1v) is 11.8. The third-order valence-corrected chi connectivity index (χ3v) is 6.44. The van der Waals surface area contributed by atoms with Gasteiger partial charge in [0.15, 0.2) is 23.6 Å². The lowest BCUT2D eigenvalue weighted by Crippen LogP contribution is -2.30. The van der Waals surface area contributed by atoms with Crippen LogP contribution in [0.3, 0.4) is 0 Å². The van der Waals surface area contributed by atoms with Crippen molar-refractivity contribution in [3.05, 3.63) is 71.3 Å². The molecule has 0 aliphatic heterocycles. The number of carbonyl (C=O) groups is 1. The number of fused-ring (bicyclic) bond motifs is 1. The molecule has 1 N–H and O–H groups in total. The molecule has 35 heavy (non-hydrogen) atoms. The molecule has 1 saturated carbocycles. The monoisotopic (exact) mass is 475 g/mol. The van der Waals surface area contributed by atoms with Crippen LogP contribution in [-0.2, 0) is 6.54 Å². The highest BCUT2D eigenvalue weighted by atomic mass is 19.1. The van der Waals surface area contributed by atoms with Crippen LogP contribution in [0.5, 0.6) is 0 Å². The van der Waals surface area contributed by atoms with E-state index in [4.69, 9.17) is 10.1 Å². The second-order valence-corrected chi connectivity index (χ2v) is 8.76. The van der Waals surface area contributed by atoms with Crippen molar-refractivity contribution in [3.63, 3.8) is 0 Å². The smallest absolute Gasteiger partial charge is 0.196 e. The molecule has 2 aromatic heterocycles. The summed E-state index contributed by atoms with van der Waals surface area (Å²) < 4.78 is 15.6. The van der Waals surface area contributed by atoms with E-state index < -0.39 is 0 Å². The Morgan fingerprint density at radius 1 is 1.09 bits per heavy atom. The minimum Gasteiger partial charge on any atom is -0.400 e. The number of imidazole rings is 1. The number of rotatable bonds is 6. The first-order valence-electron chi connectivity index (χ1n) is 11.8. The summed E-state index contributed by atoms with van der Waals surface area (Å²) in [6, 6.07) is 15.0. The van der Waals surface area contributed by atoms with Crippen LogP contribution < -0.4 is 4.90 Å². The number of aliphatic hydroxyl groups excluding tert-OH is 1. The number of aromatic nitrogens is 4. The third-order valence-electron chi connectivity index (χ3n) is 6.44. The zero-order valence-electron chi connectivity index (χ0n) is 20.3. The highest BCUT2D eigenvalue weighted by Crippen LogP contribution is 2.34. The fourth-order valence-electron chi connectivity index (χ4n) is 4.73. The highest BCUT2D eigenvalue weighted by Gasteiger charge is 2.26. The Balaban J connectivity index is 0.00000141. The summed E-state index contributed by atoms with van der Waals surface area (Å²) in [6.07, 6.45) is 5.24. The molecule has 5 rings (SSSR count). The first-order chi connectivity index (χ1) is 17.0. The molecule has 0 saturated heterocycles. The number of anilines is 1. The van der Waals surface area contributed by atoms with E-state index in [0.717, 1.165) is 48.0 Å². The van der Waals surface area contributed by atoms with E-state index in [1.165, 1.54) is 25.0 Å². The fraction of sp³-hybridized carbons (Fsp3) is 0.333. The van der Waals surface area contributed by atoms with Crippen LogP contribution in [0.1, 0.15) is 47.4 Å². The van der Waals surface area contributed by atoms with Crippen molar-refractivity contribution in [3.8, 4) is 11.4 Å². The van der Waals surface area contributed by atoms with Gasteiger partial charge in [0, 0.05) is 32.3 Å². The Hall–Kier alpha value is -3.65. The summed E-state index contributed by atoms with van der Waals surface area (Å²) >= 11 is 0. The van der Waals surface area contributed by atoms with E-state index in [1.54, 1.807) is 12.1 Å². The molecule has 0 radical (unpaired) electrons. The lowest BCUT2D eigenvalue weighted by atomic mass is 10.1. The molecule has 0 atom stereocenters. The van der Waals surface area contributed by atoms with Gasteiger partial charge in [-0.1, -0.05) is 48.7 Å². The fourth-order valence-corrected chi connectivity index (χ4v) is 4.73. The molecule has 0 unspecified atom stereocenters. The SMILES string of the molecule is CO.Cc1cccc(-c2nc3nc(C=O)nc(N(C)C4CCCC4)c3n2Cc2ccc(F)cc2)c1. The van der Waals surface area contributed by atoms with Crippen molar-refractivity contribution in [2.75, 3.05) is 19.1 Å². The van der Waals surface area contributed by atoms with Crippen LogP contribution in [0.15, 0.2) is 48.5 Å². The molecule has 1 fully saturated rings. The average molecular weight is 476 g/mol. The molecule has 1 aliphatic rings. The molecule has 2 aromatic carbocycles. The summed E-state index contributed by atoms with van der Waals surface area (Å²) in [7, 11) is 3.04. The average Bonchev–Trinajstić information content (AvgIpc) is 3.54. The van der Waals surface area contributed by atoms with Crippen LogP contribution in [0.2, 0.25) is 0 Å². The van der Waals surface area contributed by atoms with Gasteiger partial charge in [0.1, 0.15) is 17.2 Å². The quantitative estimate of drug-likeness (QED) is 0.404. The second kappa shape index (κ2) is 10.7. The zero-order valence-corrected chi connectivity index (χ0v) is 20.3. The van der Waals surface area contributed by atoms with Crippen molar-refractivity contribution in [2.24, 2.45) is 0 Å². The number of carbonyl (C=O) groups excluding carboxylic acids is 1. The number of aldehydes is 1. The Morgan fingerprint density at radius 2 is 1.80 bits per heavy atom. The number of hydrogen-bond donors (Lipinski definition) is 1. The zero-order chi connectivity index (χ0) is 24.9. The number of hydrogen-bond acceptors (Lipinski definition) is 6. The van der Waals surface area contributed by atoms with Gasteiger partial charge in [-0.05, 0) is 43.5 Å². The molecule has 0 amide bonds. The molecular formula is C27H30FN5O2. The Morgan fingerprint density at radius 3 is 2.46 bits per heavy atom. The molecule has 0 spiro atoms. The lowest BCUT2D eigenvalue weighted by molar-refractivity contribution is 0.111. The number of benzene rings is 2. The maximum absolute atomic E-state index is 13.6. The second-order valence-electron chi connectivity index (χ2n) is 8.76. The predicted octanol–water partition coefficient (Wildman–Crippen LogP) is 4.79. The van der Waals surface area contributed by atoms with E-state index in [2.05, 4.69) is 25.5 Å². The van der Waals surface area contributed by atoms with Gasteiger partial charge in [0.25, 0.3) is 0 Å².